The maximum absolute atomic E-state index is 14.3. The zero-order valence-corrected chi connectivity index (χ0v) is 17.2. The minimum Gasteiger partial charge on any atom is -0.497 e. The van der Waals surface area contributed by atoms with Crippen LogP contribution in [0.5, 0.6) is 5.75 Å². The van der Waals surface area contributed by atoms with Crippen molar-refractivity contribution in [3.63, 3.8) is 0 Å². The molecule has 0 saturated heterocycles. The number of carbonyl (C=O) groups excluding carboxylic acids is 1. The number of amides is 1. The van der Waals surface area contributed by atoms with Gasteiger partial charge in [-0.15, -0.1) is 0 Å². The molecule has 0 radical (unpaired) electrons. The summed E-state index contributed by atoms with van der Waals surface area (Å²) in [6.45, 7) is 7.41. The lowest BCUT2D eigenvalue weighted by atomic mass is 10.2. The van der Waals surface area contributed by atoms with E-state index in [0.29, 0.717) is 11.7 Å². The Morgan fingerprint density at radius 3 is 2.64 bits per heavy atom. The molecule has 1 heterocycles. The summed E-state index contributed by atoms with van der Waals surface area (Å²) in [5, 5.41) is 0.572. The molecule has 0 fully saturated rings. The lowest BCUT2D eigenvalue weighted by Gasteiger charge is -2.23. The van der Waals surface area contributed by atoms with Crippen molar-refractivity contribution in [2.75, 3.05) is 38.2 Å². The van der Waals surface area contributed by atoms with Crippen molar-refractivity contribution < 1.29 is 18.8 Å². The number of nitrogens with one attached hydrogen (secondary N) is 1. The number of methoxy groups -OCH3 is 1. The van der Waals surface area contributed by atoms with Crippen LogP contribution in [0.2, 0.25) is 0 Å². The maximum Gasteiger partial charge on any atom is 0.263 e. The van der Waals surface area contributed by atoms with Crippen LogP contribution in [-0.4, -0.2) is 44.2 Å². The Kier molecular flexibility index (Phi) is 6.59. The van der Waals surface area contributed by atoms with Gasteiger partial charge in [-0.3, -0.25) is 9.69 Å². The van der Waals surface area contributed by atoms with E-state index in [1.165, 1.54) is 28.4 Å². The molecule has 0 bridgehead atoms. The van der Waals surface area contributed by atoms with Crippen LogP contribution in [0, 0.1) is 5.82 Å². The van der Waals surface area contributed by atoms with E-state index in [2.05, 4.69) is 18.8 Å². The number of thiazole rings is 1. The third-order valence-electron chi connectivity index (χ3n) is 4.85. The molecule has 3 aromatic rings. The normalized spacial score (nSPS) is 11.2. The number of rotatable bonds is 8. The van der Waals surface area contributed by atoms with Crippen molar-refractivity contribution in [2.45, 2.75) is 13.8 Å². The number of halogens is 1. The third kappa shape index (κ3) is 4.31. The summed E-state index contributed by atoms with van der Waals surface area (Å²) >= 11 is 1.41. The van der Waals surface area contributed by atoms with Crippen molar-refractivity contribution in [3.8, 4) is 5.75 Å². The van der Waals surface area contributed by atoms with Gasteiger partial charge in [0.2, 0.25) is 0 Å². The predicted octanol–water partition coefficient (Wildman–Crippen LogP) is 3.02. The summed E-state index contributed by atoms with van der Waals surface area (Å²) in [5.74, 6) is -0.145. The van der Waals surface area contributed by atoms with E-state index >= 15 is 0 Å². The van der Waals surface area contributed by atoms with Gasteiger partial charge < -0.3 is 9.64 Å². The molecule has 3 rings (SSSR count). The van der Waals surface area contributed by atoms with Gasteiger partial charge in [-0.05, 0) is 44.2 Å². The van der Waals surface area contributed by atoms with Crippen molar-refractivity contribution in [1.82, 2.24) is 4.98 Å². The second-order valence-corrected chi connectivity index (χ2v) is 7.48. The third-order valence-corrected chi connectivity index (χ3v) is 5.89. The number of hydrogen-bond acceptors (Lipinski definition) is 4. The Labute approximate surface area is 168 Å². The zero-order chi connectivity index (χ0) is 20.1. The van der Waals surface area contributed by atoms with Crippen LogP contribution in [0.4, 0.5) is 9.52 Å². The van der Waals surface area contributed by atoms with Crippen LogP contribution in [0.25, 0.3) is 10.2 Å². The molecule has 0 unspecified atom stereocenters. The Morgan fingerprint density at radius 1 is 1.21 bits per heavy atom. The fraction of sp³-hybridized carbons (Fsp3) is 0.333. The number of likely N-dealkylation sites (N-methyl/N-ethyl adjacent to an activating group) is 1. The van der Waals surface area contributed by atoms with Gasteiger partial charge in [-0.25, -0.2) is 9.37 Å². The summed E-state index contributed by atoms with van der Waals surface area (Å²) in [6.07, 6.45) is 0. The van der Waals surface area contributed by atoms with Crippen LogP contribution < -0.4 is 14.5 Å². The zero-order valence-electron chi connectivity index (χ0n) is 16.4. The minimum atomic E-state index is -0.518. The molecule has 2 aromatic carbocycles. The summed E-state index contributed by atoms with van der Waals surface area (Å²) in [6, 6.07) is 11.7. The highest BCUT2D eigenvalue weighted by atomic mass is 32.1. The van der Waals surface area contributed by atoms with Gasteiger partial charge in [0.1, 0.15) is 11.6 Å². The molecule has 0 spiro atoms. The van der Waals surface area contributed by atoms with Gasteiger partial charge >= 0.3 is 0 Å². The molecule has 7 heteroatoms. The number of aromatic nitrogens is 1. The van der Waals surface area contributed by atoms with Crippen LogP contribution in [0.3, 0.4) is 0 Å². The quantitative estimate of drug-likeness (QED) is 0.630. The number of fused-ring (bicyclic) bond motifs is 1. The second kappa shape index (κ2) is 9.12. The van der Waals surface area contributed by atoms with Gasteiger partial charge in [0, 0.05) is 0 Å². The molecule has 0 aliphatic heterocycles. The molecule has 28 heavy (non-hydrogen) atoms. The minimum absolute atomic E-state index is 0.0638. The van der Waals surface area contributed by atoms with E-state index in [4.69, 9.17) is 4.74 Å². The van der Waals surface area contributed by atoms with Gasteiger partial charge in [0.05, 0.1) is 49.1 Å². The average molecular weight is 403 g/mol. The van der Waals surface area contributed by atoms with Crippen LogP contribution >= 0.6 is 11.3 Å². The predicted molar refractivity (Wildman–Crippen MR) is 111 cm³/mol. The maximum atomic E-state index is 14.3. The summed E-state index contributed by atoms with van der Waals surface area (Å²) in [5.41, 5.74) is 0.858. The lowest BCUT2D eigenvalue weighted by molar-refractivity contribution is -0.894. The Morgan fingerprint density at radius 2 is 1.96 bits per heavy atom. The first-order valence-electron chi connectivity index (χ1n) is 9.41. The molecule has 0 atom stereocenters. The Balaban J connectivity index is 1.97. The van der Waals surface area contributed by atoms with Gasteiger partial charge in [-0.1, -0.05) is 23.5 Å². The van der Waals surface area contributed by atoms with Crippen molar-refractivity contribution in [2.24, 2.45) is 0 Å². The highest BCUT2D eigenvalue weighted by Gasteiger charge is 2.24. The molecule has 1 N–H and O–H groups in total. The van der Waals surface area contributed by atoms with Gasteiger partial charge in [0.25, 0.3) is 5.91 Å². The summed E-state index contributed by atoms with van der Waals surface area (Å²) in [4.78, 5) is 20.8. The van der Waals surface area contributed by atoms with E-state index in [0.717, 1.165) is 35.6 Å². The number of quaternary nitrogens is 1. The molecule has 1 amide bonds. The van der Waals surface area contributed by atoms with Crippen LogP contribution in [0.15, 0.2) is 42.5 Å². The average Bonchev–Trinajstić information content (AvgIpc) is 3.14. The van der Waals surface area contributed by atoms with Crippen LogP contribution in [-0.2, 0) is 0 Å². The first-order valence-corrected chi connectivity index (χ1v) is 10.2. The number of benzene rings is 2. The fourth-order valence-corrected chi connectivity index (χ4v) is 4.09. The Hall–Kier alpha value is -2.51. The lowest BCUT2D eigenvalue weighted by Crippen LogP contribution is -3.12. The molecule has 5 nitrogen and oxygen atoms in total. The van der Waals surface area contributed by atoms with E-state index < -0.39 is 5.82 Å². The molecule has 1 aromatic heterocycles. The van der Waals surface area contributed by atoms with Gasteiger partial charge in [-0.2, -0.15) is 0 Å². The summed E-state index contributed by atoms with van der Waals surface area (Å²) < 4.78 is 20.5. The van der Waals surface area contributed by atoms with Crippen LogP contribution in [0.1, 0.15) is 24.2 Å². The van der Waals surface area contributed by atoms with E-state index in [1.807, 2.05) is 18.2 Å². The van der Waals surface area contributed by atoms with Gasteiger partial charge in [0.15, 0.2) is 5.13 Å². The molecular weight excluding hydrogens is 377 g/mol. The van der Waals surface area contributed by atoms with Crippen molar-refractivity contribution >= 4 is 32.6 Å². The largest absolute Gasteiger partial charge is 0.497 e. The highest BCUT2D eigenvalue weighted by molar-refractivity contribution is 7.22. The molecule has 0 saturated carbocycles. The van der Waals surface area contributed by atoms with E-state index in [9.17, 15) is 9.18 Å². The molecule has 0 aliphatic carbocycles. The number of hydrogen-bond donors (Lipinski definition) is 1. The van der Waals surface area contributed by atoms with Crippen molar-refractivity contribution in [3.05, 3.63) is 53.8 Å². The molecule has 148 valence electrons. The standard InChI is InChI=1S/C21H24FN3O2S/c1-4-24(5-2)12-13-25(20(26)16-8-6-7-9-17(16)22)21-23-18-11-10-15(27-3)14-19(18)28-21/h6-11,14H,4-5,12-13H2,1-3H3/p+1. The highest BCUT2D eigenvalue weighted by Crippen LogP contribution is 2.32. The number of ether oxygens (including phenoxy) is 1. The topological polar surface area (TPSA) is 46.9 Å². The fourth-order valence-electron chi connectivity index (χ4n) is 3.07. The number of anilines is 1. The first kappa shape index (κ1) is 20.2. The monoisotopic (exact) mass is 402 g/mol. The Bertz CT molecular complexity index is 956. The number of nitrogens with zero attached hydrogens (tertiary/aromatic N) is 2. The van der Waals surface area contributed by atoms with E-state index in [1.54, 1.807) is 24.1 Å². The smallest absolute Gasteiger partial charge is 0.263 e. The SMILES string of the molecule is CC[NH+](CC)CCN(C(=O)c1ccccc1F)c1nc2ccc(OC)cc2s1. The number of carbonyl (C=O) groups is 1. The molecular formula is C21H25FN3O2S+. The summed E-state index contributed by atoms with van der Waals surface area (Å²) in [7, 11) is 1.62. The second-order valence-electron chi connectivity index (χ2n) is 6.47. The first-order chi connectivity index (χ1) is 13.6. The molecule has 0 aliphatic rings. The van der Waals surface area contributed by atoms with E-state index in [-0.39, 0.29) is 11.5 Å². The van der Waals surface area contributed by atoms with Crippen molar-refractivity contribution in [1.29, 1.82) is 0 Å².